The number of fused-ring (bicyclic) bond motifs is 1. The first-order valence-corrected chi connectivity index (χ1v) is 8.13. The van der Waals surface area contributed by atoms with Crippen LogP contribution in [0.5, 0.6) is 0 Å². The molecule has 0 saturated carbocycles. The minimum Gasteiger partial charge on any atom is -0.380 e. The summed E-state index contributed by atoms with van der Waals surface area (Å²) >= 11 is 0. The van der Waals surface area contributed by atoms with Crippen LogP contribution >= 0.6 is 0 Å². The molecule has 1 aliphatic carbocycles. The summed E-state index contributed by atoms with van der Waals surface area (Å²) in [5.74, 6) is 0.145. The van der Waals surface area contributed by atoms with E-state index in [-0.39, 0.29) is 23.4 Å². The van der Waals surface area contributed by atoms with Gasteiger partial charge in [-0.2, -0.15) is 0 Å². The third-order valence-corrected chi connectivity index (χ3v) is 3.87. The molecule has 1 aromatic heterocycles. The van der Waals surface area contributed by atoms with Crippen LogP contribution in [0.3, 0.4) is 0 Å². The quantitative estimate of drug-likeness (QED) is 0.290. The molecule has 1 heterocycles. The van der Waals surface area contributed by atoms with Crippen LogP contribution in [0, 0.1) is 5.82 Å². The number of aliphatic imine (C=N–C) groups is 1. The fourth-order valence-corrected chi connectivity index (χ4v) is 2.61. The number of rotatable bonds is 8. The van der Waals surface area contributed by atoms with Gasteiger partial charge in [-0.3, -0.25) is 15.7 Å². The van der Waals surface area contributed by atoms with Gasteiger partial charge in [-0.15, -0.1) is 0 Å². The van der Waals surface area contributed by atoms with E-state index < -0.39 is 0 Å². The fourth-order valence-electron chi connectivity index (χ4n) is 2.61. The van der Waals surface area contributed by atoms with Gasteiger partial charge in [0, 0.05) is 13.2 Å². The number of hydroxylamine groups is 1. The number of ether oxygens (including phenoxy) is 1. The van der Waals surface area contributed by atoms with Crippen molar-refractivity contribution in [2.45, 2.75) is 25.8 Å². The first-order valence-electron chi connectivity index (χ1n) is 8.13. The summed E-state index contributed by atoms with van der Waals surface area (Å²) < 4.78 is 23.5. The van der Waals surface area contributed by atoms with Crippen LogP contribution in [0.1, 0.15) is 36.2 Å². The highest BCUT2D eigenvalue weighted by Crippen LogP contribution is 2.36. The molecule has 25 heavy (non-hydrogen) atoms. The Morgan fingerprint density at radius 2 is 2.32 bits per heavy atom. The maximum atomic E-state index is 13.4. The van der Waals surface area contributed by atoms with E-state index in [0.29, 0.717) is 32.0 Å². The highest BCUT2D eigenvalue weighted by atomic mass is 19.1. The van der Waals surface area contributed by atoms with Gasteiger partial charge in [-0.1, -0.05) is 13.0 Å². The largest absolute Gasteiger partial charge is 0.380 e. The molecule has 3 rings (SSSR count). The van der Waals surface area contributed by atoms with Crippen molar-refractivity contribution in [2.24, 2.45) is 4.99 Å². The molecule has 8 nitrogen and oxygen atoms in total. The Labute approximate surface area is 144 Å². The third-order valence-electron chi connectivity index (χ3n) is 3.87. The lowest BCUT2D eigenvalue weighted by Gasteiger charge is -2.27. The minimum absolute atomic E-state index is 0.109. The van der Waals surface area contributed by atoms with Crippen LogP contribution in [0.25, 0.3) is 0 Å². The average Bonchev–Trinajstić information content (AvgIpc) is 3.06. The number of anilines is 1. The molecule has 1 aliphatic rings. The van der Waals surface area contributed by atoms with E-state index in [1.165, 1.54) is 12.1 Å². The molecule has 2 aromatic rings. The van der Waals surface area contributed by atoms with Gasteiger partial charge >= 0.3 is 0 Å². The van der Waals surface area contributed by atoms with Gasteiger partial charge in [0.15, 0.2) is 11.5 Å². The van der Waals surface area contributed by atoms with Crippen molar-refractivity contribution in [3.8, 4) is 0 Å². The second-order valence-corrected chi connectivity index (χ2v) is 5.65. The molecule has 134 valence electrons. The summed E-state index contributed by atoms with van der Waals surface area (Å²) in [4.78, 5) is 4.40. The maximum absolute atomic E-state index is 13.4. The van der Waals surface area contributed by atoms with Crippen molar-refractivity contribution in [3.63, 3.8) is 0 Å². The molecule has 0 aliphatic heterocycles. The molecule has 0 radical (unpaired) electrons. The summed E-state index contributed by atoms with van der Waals surface area (Å²) in [6.07, 6.45) is 1.62. The van der Waals surface area contributed by atoms with Crippen molar-refractivity contribution in [1.29, 1.82) is 0 Å². The zero-order valence-corrected chi connectivity index (χ0v) is 13.8. The second kappa shape index (κ2) is 8.04. The Hall–Kier alpha value is -2.52. The zero-order valence-electron chi connectivity index (χ0n) is 13.8. The van der Waals surface area contributed by atoms with Gasteiger partial charge < -0.3 is 10.1 Å². The van der Waals surface area contributed by atoms with E-state index in [0.717, 1.165) is 17.5 Å². The Morgan fingerprint density at radius 1 is 1.44 bits per heavy atom. The molecule has 0 spiro atoms. The lowest BCUT2D eigenvalue weighted by atomic mass is 9.83. The lowest BCUT2D eigenvalue weighted by molar-refractivity contribution is 0.144. The number of benzene rings is 1. The van der Waals surface area contributed by atoms with Crippen molar-refractivity contribution in [1.82, 2.24) is 15.8 Å². The normalized spacial score (nSPS) is 16.3. The summed E-state index contributed by atoms with van der Waals surface area (Å²) in [7, 11) is 0. The highest BCUT2D eigenvalue weighted by Gasteiger charge is 2.28. The van der Waals surface area contributed by atoms with Crippen molar-refractivity contribution >= 4 is 11.7 Å². The maximum Gasteiger partial charge on any atom is 0.202 e. The monoisotopic (exact) mass is 349 g/mol. The summed E-state index contributed by atoms with van der Waals surface area (Å²) in [6, 6.07) is 4.36. The predicted molar refractivity (Wildman–Crippen MR) is 88.2 cm³/mol. The summed E-state index contributed by atoms with van der Waals surface area (Å²) in [5, 5.41) is 20.0. The summed E-state index contributed by atoms with van der Waals surface area (Å²) in [5.41, 5.74) is 4.11. The van der Waals surface area contributed by atoms with Gasteiger partial charge in [0.1, 0.15) is 5.82 Å². The number of halogens is 1. The van der Waals surface area contributed by atoms with Crippen molar-refractivity contribution in [3.05, 3.63) is 40.8 Å². The predicted octanol–water partition coefficient (Wildman–Crippen LogP) is 2.07. The average molecular weight is 349 g/mol. The second-order valence-electron chi connectivity index (χ2n) is 5.65. The molecule has 0 amide bonds. The van der Waals surface area contributed by atoms with E-state index in [4.69, 9.17) is 9.37 Å². The Bertz CT molecular complexity index is 749. The Morgan fingerprint density at radius 3 is 3.12 bits per heavy atom. The van der Waals surface area contributed by atoms with Crippen LogP contribution in [0.4, 0.5) is 10.2 Å². The first-order chi connectivity index (χ1) is 12.2. The first kappa shape index (κ1) is 17.3. The van der Waals surface area contributed by atoms with Gasteiger partial charge in [-0.25, -0.2) is 9.02 Å². The van der Waals surface area contributed by atoms with E-state index in [2.05, 4.69) is 20.6 Å². The summed E-state index contributed by atoms with van der Waals surface area (Å²) in [6.45, 7) is 3.74. The lowest BCUT2D eigenvalue weighted by Crippen LogP contribution is -2.26. The van der Waals surface area contributed by atoms with E-state index >= 15 is 0 Å². The van der Waals surface area contributed by atoms with E-state index in [1.807, 2.05) is 12.4 Å². The Balaban J connectivity index is 1.69. The molecule has 9 heteroatoms. The van der Waals surface area contributed by atoms with E-state index in [9.17, 15) is 9.60 Å². The number of hydrogen-bond donors (Lipinski definition) is 3. The number of aromatic nitrogens is 2. The number of amidine groups is 1. The highest BCUT2D eigenvalue weighted by molar-refractivity contribution is 6.00. The smallest absolute Gasteiger partial charge is 0.202 e. The zero-order chi connectivity index (χ0) is 17.6. The van der Waals surface area contributed by atoms with Crippen LogP contribution in [0.2, 0.25) is 0 Å². The number of hydrogen-bond acceptors (Lipinski definition) is 7. The van der Waals surface area contributed by atoms with Crippen LogP contribution < -0.4 is 10.8 Å². The van der Waals surface area contributed by atoms with Gasteiger partial charge in [0.25, 0.3) is 0 Å². The van der Waals surface area contributed by atoms with Gasteiger partial charge in [-0.05, 0) is 46.4 Å². The van der Waals surface area contributed by atoms with E-state index in [1.54, 1.807) is 6.07 Å². The molecule has 3 N–H and O–H groups in total. The van der Waals surface area contributed by atoms with Crippen LogP contribution in [-0.2, 0) is 11.2 Å². The molecule has 1 atom stereocenters. The Kier molecular flexibility index (Phi) is 5.56. The minimum atomic E-state index is -0.310. The molecule has 0 unspecified atom stereocenters. The van der Waals surface area contributed by atoms with Crippen molar-refractivity contribution < 1.29 is 19.0 Å². The molecule has 0 bridgehead atoms. The van der Waals surface area contributed by atoms with Crippen LogP contribution in [-0.4, -0.2) is 41.1 Å². The fraction of sp³-hybridized carbons (Fsp3) is 0.438. The third kappa shape index (κ3) is 3.94. The van der Waals surface area contributed by atoms with Crippen LogP contribution in [0.15, 0.2) is 27.8 Å². The van der Waals surface area contributed by atoms with Crippen molar-refractivity contribution in [2.75, 3.05) is 25.1 Å². The standard InChI is InChI=1S/C16H20FN5O3/c1-2-6-24-7-5-18-15-14(21-25-22-15)16(20-23)19-13-8-10-3-4-11(17)9-12(10)13/h3-4,9,13,23H,2,5-8H2,1H3,(H,18,22)(H,19,20)/t13-/m0/s1. The topological polar surface area (TPSA) is 105 Å². The number of nitrogens with zero attached hydrogens (tertiary/aromatic N) is 3. The molecule has 1 aromatic carbocycles. The number of nitrogens with one attached hydrogen (secondary N) is 2. The molecule has 0 fully saturated rings. The molecular formula is C16H20FN5O3. The van der Waals surface area contributed by atoms with Gasteiger partial charge in [0.2, 0.25) is 5.82 Å². The van der Waals surface area contributed by atoms with Gasteiger partial charge in [0.05, 0.1) is 12.6 Å². The molecule has 0 saturated heterocycles. The molecular weight excluding hydrogens is 329 g/mol. The SMILES string of the molecule is CCCOCCNc1nonc1C(=N[C@H]1Cc2ccc(F)cc21)NO.